The minimum atomic E-state index is -1.02. The molecule has 30 heavy (non-hydrogen) atoms. The maximum Gasteiger partial charge on any atom is 0.319 e. The smallest absolute Gasteiger partial charge is 0.319 e. The van der Waals surface area contributed by atoms with E-state index in [2.05, 4.69) is 15.6 Å². The molecule has 2 amide bonds. The number of anilines is 1. The number of aliphatic hydroxyl groups excluding tert-OH is 1. The van der Waals surface area contributed by atoms with Gasteiger partial charge in [0.05, 0.1) is 25.1 Å². The number of urea groups is 1. The zero-order valence-corrected chi connectivity index (χ0v) is 16.6. The van der Waals surface area contributed by atoms with Crippen LogP contribution in [-0.2, 0) is 0 Å². The average molecular weight is 411 g/mol. The Bertz CT molecular complexity index is 1010. The van der Waals surface area contributed by atoms with E-state index in [0.717, 1.165) is 5.56 Å². The van der Waals surface area contributed by atoms with Crippen LogP contribution in [0.4, 0.5) is 14.9 Å². The highest BCUT2D eigenvalue weighted by Gasteiger charge is 2.11. The monoisotopic (exact) mass is 411 g/mol. The van der Waals surface area contributed by atoms with E-state index < -0.39 is 18.0 Å². The third-order valence-electron chi connectivity index (χ3n) is 4.22. The second-order valence-corrected chi connectivity index (χ2v) is 6.55. The minimum Gasteiger partial charge on any atom is -0.493 e. The fraction of sp³-hybridized carbons (Fsp3) is 0.182. The number of rotatable bonds is 7. The van der Waals surface area contributed by atoms with Crippen LogP contribution in [-0.4, -0.2) is 29.8 Å². The van der Waals surface area contributed by atoms with Crippen LogP contribution in [0, 0.1) is 12.7 Å². The molecule has 0 aliphatic rings. The Labute approximate surface area is 173 Å². The molecule has 1 unspecified atom stereocenters. The van der Waals surface area contributed by atoms with Crippen LogP contribution in [0.3, 0.4) is 0 Å². The van der Waals surface area contributed by atoms with Gasteiger partial charge in [0.15, 0.2) is 11.5 Å². The Morgan fingerprint density at radius 2 is 2.00 bits per heavy atom. The molecule has 2 aromatic carbocycles. The third-order valence-corrected chi connectivity index (χ3v) is 4.22. The first-order valence-electron chi connectivity index (χ1n) is 9.21. The zero-order chi connectivity index (χ0) is 21.5. The molecule has 0 saturated heterocycles. The minimum absolute atomic E-state index is 0.0723. The summed E-state index contributed by atoms with van der Waals surface area (Å²) in [6.45, 7) is 1.88. The van der Waals surface area contributed by atoms with Gasteiger partial charge >= 0.3 is 6.03 Å². The molecule has 0 radical (unpaired) electrons. The van der Waals surface area contributed by atoms with Crippen molar-refractivity contribution in [2.75, 3.05) is 19.0 Å². The number of aliphatic hydroxyl groups is 1. The summed E-state index contributed by atoms with van der Waals surface area (Å²) >= 11 is 0. The molecular weight excluding hydrogens is 389 g/mol. The van der Waals surface area contributed by atoms with E-state index in [1.807, 2.05) is 19.1 Å². The average Bonchev–Trinajstić information content (AvgIpc) is 2.74. The molecule has 0 bridgehead atoms. The topological polar surface area (TPSA) is 92.7 Å². The van der Waals surface area contributed by atoms with Gasteiger partial charge in [0.1, 0.15) is 5.82 Å². The van der Waals surface area contributed by atoms with Crippen molar-refractivity contribution < 1.29 is 23.8 Å². The summed E-state index contributed by atoms with van der Waals surface area (Å²) in [4.78, 5) is 16.2. The SMILES string of the molecule is COc1cc(C)ccc1Oc1ccc(NC(=O)NCC(O)c2cccc(F)c2)cn1. The van der Waals surface area contributed by atoms with Gasteiger partial charge in [-0.25, -0.2) is 14.2 Å². The van der Waals surface area contributed by atoms with Crippen LogP contribution in [0.2, 0.25) is 0 Å². The first kappa shape index (κ1) is 21.1. The number of ether oxygens (including phenoxy) is 2. The molecular formula is C22H22FN3O4. The number of carbonyl (C=O) groups excluding carboxylic acids is 1. The van der Waals surface area contributed by atoms with Crippen LogP contribution in [0.15, 0.2) is 60.8 Å². The molecule has 0 saturated carbocycles. The van der Waals surface area contributed by atoms with Crippen LogP contribution in [0.1, 0.15) is 17.2 Å². The Hall–Kier alpha value is -3.65. The van der Waals surface area contributed by atoms with Crippen LogP contribution in [0.25, 0.3) is 0 Å². The number of halogens is 1. The molecule has 156 valence electrons. The summed E-state index contributed by atoms with van der Waals surface area (Å²) in [5, 5.41) is 15.2. The summed E-state index contributed by atoms with van der Waals surface area (Å²) in [6, 6.07) is 13.8. The molecule has 3 N–H and O–H groups in total. The first-order valence-corrected chi connectivity index (χ1v) is 9.21. The van der Waals surface area contributed by atoms with Gasteiger partial charge in [-0.2, -0.15) is 0 Å². The molecule has 3 rings (SSSR count). The summed E-state index contributed by atoms with van der Waals surface area (Å²) in [6.07, 6.45) is 0.420. The summed E-state index contributed by atoms with van der Waals surface area (Å²) < 4.78 is 24.2. The van der Waals surface area contributed by atoms with E-state index in [1.54, 1.807) is 31.4 Å². The molecule has 7 nitrogen and oxygen atoms in total. The number of pyridine rings is 1. The van der Waals surface area contributed by atoms with Crippen LogP contribution < -0.4 is 20.1 Å². The number of aromatic nitrogens is 1. The number of aryl methyl sites for hydroxylation is 1. The highest BCUT2D eigenvalue weighted by atomic mass is 19.1. The first-order chi connectivity index (χ1) is 14.4. The van der Waals surface area contributed by atoms with Crippen molar-refractivity contribution >= 4 is 11.7 Å². The van der Waals surface area contributed by atoms with Crippen molar-refractivity contribution in [2.45, 2.75) is 13.0 Å². The number of hydrogen-bond acceptors (Lipinski definition) is 5. The lowest BCUT2D eigenvalue weighted by molar-refractivity contribution is 0.174. The molecule has 8 heteroatoms. The van der Waals surface area contributed by atoms with Gasteiger partial charge in [-0.15, -0.1) is 0 Å². The van der Waals surface area contributed by atoms with Crippen LogP contribution >= 0.6 is 0 Å². The maximum absolute atomic E-state index is 13.2. The van der Waals surface area contributed by atoms with Gasteiger partial charge in [0, 0.05) is 12.6 Å². The van der Waals surface area contributed by atoms with Gasteiger partial charge in [-0.1, -0.05) is 18.2 Å². The number of hydrogen-bond donors (Lipinski definition) is 3. The maximum atomic E-state index is 13.2. The number of amides is 2. The molecule has 0 aliphatic heterocycles. The van der Waals surface area contributed by atoms with Gasteiger partial charge in [-0.3, -0.25) is 0 Å². The molecule has 1 atom stereocenters. The van der Waals surface area contributed by atoms with Crippen molar-refractivity contribution in [2.24, 2.45) is 0 Å². The molecule has 0 fully saturated rings. The van der Waals surface area contributed by atoms with E-state index >= 15 is 0 Å². The molecule has 1 heterocycles. The van der Waals surface area contributed by atoms with Gasteiger partial charge in [-0.05, 0) is 48.4 Å². The Balaban J connectivity index is 1.53. The standard InChI is InChI=1S/C22H22FN3O4/c1-14-6-8-19(20(10-14)29-2)30-21-9-7-17(12-24-21)26-22(28)25-13-18(27)15-4-3-5-16(23)11-15/h3-12,18,27H,13H2,1-2H3,(H2,25,26,28). The van der Waals surface area contributed by atoms with Crippen molar-refractivity contribution in [3.05, 3.63) is 77.7 Å². The molecule has 3 aromatic rings. The predicted molar refractivity (Wildman–Crippen MR) is 110 cm³/mol. The van der Waals surface area contributed by atoms with Crippen molar-refractivity contribution in [3.8, 4) is 17.4 Å². The Kier molecular flexibility index (Phi) is 6.82. The Morgan fingerprint density at radius 3 is 2.70 bits per heavy atom. The van der Waals surface area contributed by atoms with E-state index in [-0.39, 0.29) is 6.54 Å². The lowest BCUT2D eigenvalue weighted by atomic mass is 10.1. The highest BCUT2D eigenvalue weighted by Crippen LogP contribution is 2.31. The number of carbonyl (C=O) groups is 1. The van der Waals surface area contributed by atoms with Gasteiger partial charge in [0.25, 0.3) is 0 Å². The second kappa shape index (κ2) is 9.71. The number of nitrogens with one attached hydrogen (secondary N) is 2. The van der Waals surface area contributed by atoms with Gasteiger partial charge < -0.3 is 25.2 Å². The molecule has 0 spiro atoms. The summed E-state index contributed by atoms with van der Waals surface area (Å²) in [5.74, 6) is 1.01. The quantitative estimate of drug-likeness (QED) is 0.542. The van der Waals surface area contributed by atoms with Crippen LogP contribution in [0.5, 0.6) is 17.4 Å². The largest absolute Gasteiger partial charge is 0.493 e. The second-order valence-electron chi connectivity index (χ2n) is 6.55. The summed E-state index contributed by atoms with van der Waals surface area (Å²) in [5.41, 5.74) is 1.86. The zero-order valence-electron chi connectivity index (χ0n) is 16.6. The number of nitrogens with zero attached hydrogens (tertiary/aromatic N) is 1. The van der Waals surface area contributed by atoms with E-state index in [0.29, 0.717) is 28.6 Å². The summed E-state index contributed by atoms with van der Waals surface area (Å²) in [7, 11) is 1.56. The lowest BCUT2D eigenvalue weighted by Gasteiger charge is -2.13. The number of benzene rings is 2. The van der Waals surface area contributed by atoms with E-state index in [9.17, 15) is 14.3 Å². The van der Waals surface area contributed by atoms with Crippen molar-refractivity contribution in [3.63, 3.8) is 0 Å². The van der Waals surface area contributed by atoms with Crippen molar-refractivity contribution in [1.82, 2.24) is 10.3 Å². The molecule has 0 aliphatic carbocycles. The third kappa shape index (κ3) is 5.68. The van der Waals surface area contributed by atoms with E-state index in [1.165, 1.54) is 24.4 Å². The Morgan fingerprint density at radius 1 is 1.17 bits per heavy atom. The lowest BCUT2D eigenvalue weighted by Crippen LogP contribution is -2.32. The highest BCUT2D eigenvalue weighted by molar-refractivity contribution is 5.89. The fourth-order valence-corrected chi connectivity index (χ4v) is 2.68. The van der Waals surface area contributed by atoms with E-state index in [4.69, 9.17) is 9.47 Å². The van der Waals surface area contributed by atoms with Crippen molar-refractivity contribution in [1.29, 1.82) is 0 Å². The molecule has 1 aromatic heterocycles. The normalized spacial score (nSPS) is 11.5. The number of methoxy groups -OCH3 is 1. The fourth-order valence-electron chi connectivity index (χ4n) is 2.68. The van der Waals surface area contributed by atoms with Gasteiger partial charge in [0.2, 0.25) is 5.88 Å². The predicted octanol–water partition coefficient (Wildman–Crippen LogP) is 4.19.